The third-order valence-electron chi connectivity index (χ3n) is 5.26. The van der Waals surface area contributed by atoms with Crippen LogP contribution < -0.4 is 10.6 Å². The summed E-state index contributed by atoms with van der Waals surface area (Å²) in [6.45, 7) is 4.62. The molecule has 7 nitrogen and oxygen atoms in total. The van der Waals surface area contributed by atoms with E-state index in [1.165, 1.54) is 19.3 Å². The van der Waals surface area contributed by atoms with Gasteiger partial charge in [-0.25, -0.2) is 8.42 Å². The van der Waals surface area contributed by atoms with Crippen molar-refractivity contribution >= 4 is 15.8 Å². The quantitative estimate of drug-likeness (QED) is 0.471. The molecule has 140 valence electrons. The zero-order valence-corrected chi connectivity index (χ0v) is 15.8. The molecule has 0 atom stereocenters. The van der Waals surface area contributed by atoms with E-state index in [-0.39, 0.29) is 11.5 Å². The van der Waals surface area contributed by atoms with Crippen molar-refractivity contribution in [3.05, 3.63) is 0 Å². The Morgan fingerprint density at radius 1 is 1.25 bits per heavy atom. The second-order valence-electron chi connectivity index (χ2n) is 6.94. The molecule has 2 N–H and O–H groups in total. The molecular weight excluding hydrogens is 328 g/mol. The fourth-order valence-corrected chi connectivity index (χ4v) is 4.59. The standard InChI is InChI=1S/C16H32N4O3S/c1-17-15(19-14-16(4-3-5-16)6-11-23-2)18-7-8-20-9-12-24(21,22)13-10-20/h3-14H2,1-2H3,(H2,17,18,19). The van der Waals surface area contributed by atoms with E-state index in [0.29, 0.717) is 18.5 Å². The zero-order chi connectivity index (χ0) is 17.5. The Morgan fingerprint density at radius 2 is 1.96 bits per heavy atom. The van der Waals surface area contributed by atoms with E-state index in [9.17, 15) is 8.42 Å². The maximum Gasteiger partial charge on any atom is 0.191 e. The lowest BCUT2D eigenvalue weighted by Crippen LogP contribution is -2.49. The Morgan fingerprint density at radius 3 is 2.50 bits per heavy atom. The highest BCUT2D eigenvalue weighted by Crippen LogP contribution is 2.43. The molecule has 2 aliphatic rings. The van der Waals surface area contributed by atoms with E-state index in [1.807, 2.05) is 0 Å². The van der Waals surface area contributed by atoms with Gasteiger partial charge in [0.15, 0.2) is 15.8 Å². The van der Waals surface area contributed by atoms with Gasteiger partial charge in [-0.1, -0.05) is 6.42 Å². The first-order valence-electron chi connectivity index (χ1n) is 8.85. The van der Waals surface area contributed by atoms with Crippen molar-refractivity contribution in [3.8, 4) is 0 Å². The Balaban J connectivity index is 1.65. The highest BCUT2D eigenvalue weighted by Gasteiger charge is 2.36. The van der Waals surface area contributed by atoms with E-state index in [1.54, 1.807) is 14.2 Å². The van der Waals surface area contributed by atoms with Crippen LogP contribution in [0.2, 0.25) is 0 Å². The van der Waals surface area contributed by atoms with E-state index in [0.717, 1.165) is 38.6 Å². The number of hydrogen-bond donors (Lipinski definition) is 2. The molecule has 0 amide bonds. The summed E-state index contributed by atoms with van der Waals surface area (Å²) < 4.78 is 28.1. The number of rotatable bonds is 8. The Labute approximate surface area is 146 Å². The lowest BCUT2D eigenvalue weighted by molar-refractivity contribution is 0.0732. The van der Waals surface area contributed by atoms with Crippen LogP contribution >= 0.6 is 0 Å². The topological polar surface area (TPSA) is 83.0 Å². The lowest BCUT2D eigenvalue weighted by atomic mass is 9.67. The highest BCUT2D eigenvalue weighted by molar-refractivity contribution is 7.91. The normalized spacial score (nSPS) is 23.5. The van der Waals surface area contributed by atoms with Crippen molar-refractivity contribution in [2.45, 2.75) is 25.7 Å². The minimum Gasteiger partial charge on any atom is -0.385 e. The molecule has 2 fully saturated rings. The SMILES string of the molecule is CN=C(NCCN1CCS(=O)(=O)CC1)NCC1(CCOC)CCC1. The minimum atomic E-state index is -2.80. The number of hydrogen-bond acceptors (Lipinski definition) is 5. The molecule has 0 bridgehead atoms. The first kappa shape index (κ1) is 19.5. The number of sulfone groups is 1. The Bertz CT molecular complexity index is 503. The van der Waals surface area contributed by atoms with Gasteiger partial charge in [0.2, 0.25) is 0 Å². The van der Waals surface area contributed by atoms with E-state index in [4.69, 9.17) is 4.74 Å². The van der Waals surface area contributed by atoms with Crippen LogP contribution in [0, 0.1) is 5.41 Å². The van der Waals surface area contributed by atoms with Gasteiger partial charge in [0.25, 0.3) is 0 Å². The van der Waals surface area contributed by atoms with Crippen molar-refractivity contribution in [1.29, 1.82) is 0 Å². The maximum absolute atomic E-state index is 11.4. The minimum absolute atomic E-state index is 0.280. The fraction of sp³-hybridized carbons (Fsp3) is 0.938. The van der Waals surface area contributed by atoms with Crippen molar-refractivity contribution in [2.24, 2.45) is 10.4 Å². The average molecular weight is 361 g/mol. The third kappa shape index (κ3) is 5.89. The summed E-state index contributed by atoms with van der Waals surface area (Å²) in [5, 5.41) is 6.77. The summed E-state index contributed by atoms with van der Waals surface area (Å²) in [6, 6.07) is 0. The molecule has 0 aromatic rings. The van der Waals surface area contributed by atoms with Crippen LogP contribution in [0.4, 0.5) is 0 Å². The van der Waals surface area contributed by atoms with Crippen LogP contribution in [0.1, 0.15) is 25.7 Å². The van der Waals surface area contributed by atoms with Crippen LogP contribution in [-0.4, -0.2) is 84.3 Å². The number of aliphatic imine (C=N–C) groups is 1. The smallest absolute Gasteiger partial charge is 0.191 e. The van der Waals surface area contributed by atoms with Crippen LogP contribution in [0.15, 0.2) is 4.99 Å². The van der Waals surface area contributed by atoms with Gasteiger partial charge < -0.3 is 15.4 Å². The molecule has 0 radical (unpaired) electrons. The van der Waals surface area contributed by atoms with Gasteiger partial charge in [-0.2, -0.15) is 0 Å². The molecular formula is C16H32N4O3S. The second kappa shape index (κ2) is 9.01. The molecule has 1 saturated carbocycles. The molecule has 1 aliphatic heterocycles. The average Bonchev–Trinajstić information content (AvgIpc) is 2.53. The number of ether oxygens (including phenoxy) is 1. The van der Waals surface area contributed by atoms with Gasteiger partial charge in [0, 0.05) is 53.5 Å². The summed E-state index contributed by atoms with van der Waals surface area (Å²) >= 11 is 0. The maximum atomic E-state index is 11.4. The van der Waals surface area contributed by atoms with Gasteiger partial charge in [0.1, 0.15) is 0 Å². The monoisotopic (exact) mass is 360 g/mol. The Kier molecular flexibility index (Phi) is 7.31. The largest absolute Gasteiger partial charge is 0.385 e. The number of nitrogens with zero attached hydrogens (tertiary/aromatic N) is 2. The molecule has 0 aromatic carbocycles. The predicted octanol–water partition coefficient (Wildman–Crippen LogP) is 0.0886. The predicted molar refractivity (Wildman–Crippen MR) is 97.2 cm³/mol. The summed E-state index contributed by atoms with van der Waals surface area (Å²) in [6.07, 6.45) is 4.90. The summed E-state index contributed by atoms with van der Waals surface area (Å²) in [5.41, 5.74) is 0.356. The highest BCUT2D eigenvalue weighted by atomic mass is 32.2. The van der Waals surface area contributed by atoms with Crippen molar-refractivity contribution in [1.82, 2.24) is 15.5 Å². The van der Waals surface area contributed by atoms with Gasteiger partial charge >= 0.3 is 0 Å². The van der Waals surface area contributed by atoms with E-state index >= 15 is 0 Å². The van der Waals surface area contributed by atoms with E-state index in [2.05, 4.69) is 20.5 Å². The van der Waals surface area contributed by atoms with Crippen molar-refractivity contribution < 1.29 is 13.2 Å². The van der Waals surface area contributed by atoms with Gasteiger partial charge in [-0.05, 0) is 24.7 Å². The van der Waals surface area contributed by atoms with Gasteiger partial charge in [-0.3, -0.25) is 9.89 Å². The number of nitrogens with one attached hydrogen (secondary N) is 2. The van der Waals surface area contributed by atoms with Gasteiger partial charge in [-0.15, -0.1) is 0 Å². The second-order valence-corrected chi connectivity index (χ2v) is 9.25. The van der Waals surface area contributed by atoms with Crippen LogP contribution in [0.25, 0.3) is 0 Å². The molecule has 24 heavy (non-hydrogen) atoms. The zero-order valence-electron chi connectivity index (χ0n) is 15.0. The molecule has 0 unspecified atom stereocenters. The van der Waals surface area contributed by atoms with E-state index < -0.39 is 9.84 Å². The van der Waals surface area contributed by atoms with Gasteiger partial charge in [0.05, 0.1) is 11.5 Å². The molecule has 8 heteroatoms. The molecule has 1 aliphatic carbocycles. The lowest BCUT2D eigenvalue weighted by Gasteiger charge is -2.42. The molecule has 2 rings (SSSR count). The summed E-state index contributed by atoms with van der Waals surface area (Å²) in [4.78, 5) is 6.47. The summed E-state index contributed by atoms with van der Waals surface area (Å²) in [5.74, 6) is 1.38. The third-order valence-corrected chi connectivity index (χ3v) is 6.87. The van der Waals surface area contributed by atoms with Crippen LogP contribution in [-0.2, 0) is 14.6 Å². The first-order valence-corrected chi connectivity index (χ1v) is 10.7. The number of guanidine groups is 1. The van der Waals surface area contributed by atoms with Crippen LogP contribution in [0.5, 0.6) is 0 Å². The van der Waals surface area contributed by atoms with Crippen molar-refractivity contribution in [2.75, 3.05) is 65.0 Å². The fourth-order valence-electron chi connectivity index (χ4n) is 3.31. The summed E-state index contributed by atoms with van der Waals surface area (Å²) in [7, 11) is 0.740. The molecule has 0 aromatic heterocycles. The first-order chi connectivity index (χ1) is 11.5. The molecule has 1 saturated heterocycles. The number of methoxy groups -OCH3 is 1. The molecule has 1 heterocycles. The Hall–Kier alpha value is -0.860. The van der Waals surface area contributed by atoms with Crippen LogP contribution in [0.3, 0.4) is 0 Å². The van der Waals surface area contributed by atoms with Crippen molar-refractivity contribution in [3.63, 3.8) is 0 Å². The molecule has 0 spiro atoms.